The van der Waals surface area contributed by atoms with Crippen LogP contribution in [0.5, 0.6) is 0 Å². The molecule has 24 heavy (non-hydrogen) atoms. The van der Waals surface area contributed by atoms with E-state index in [0.717, 1.165) is 11.3 Å². The molecule has 130 valence electrons. The number of fused-ring (bicyclic) bond motifs is 3. The lowest BCUT2D eigenvalue weighted by molar-refractivity contribution is 0.0220. The molecule has 0 saturated heterocycles. The Morgan fingerprint density at radius 2 is 2.04 bits per heavy atom. The fourth-order valence-electron chi connectivity index (χ4n) is 2.69. The Hall–Kier alpha value is -1.73. The third kappa shape index (κ3) is 3.37. The van der Waals surface area contributed by atoms with Crippen LogP contribution >= 0.6 is 10.7 Å². The number of rotatable bonds is 1. The molecule has 0 spiro atoms. The Morgan fingerprint density at radius 3 is 2.67 bits per heavy atom. The summed E-state index contributed by atoms with van der Waals surface area (Å²) in [5.41, 5.74) is 0.801. The molecular weight excluding hydrogens is 354 g/mol. The van der Waals surface area contributed by atoms with Crippen molar-refractivity contribution in [2.24, 2.45) is 0 Å². The van der Waals surface area contributed by atoms with Crippen molar-refractivity contribution < 1.29 is 22.4 Å². The number of ether oxygens (including phenoxy) is 1. The van der Waals surface area contributed by atoms with Gasteiger partial charge >= 0.3 is 6.09 Å². The van der Waals surface area contributed by atoms with Crippen LogP contribution in [0.1, 0.15) is 32.1 Å². The zero-order valence-corrected chi connectivity index (χ0v) is 15.2. The van der Waals surface area contributed by atoms with Crippen molar-refractivity contribution >= 4 is 36.8 Å². The molecule has 1 aliphatic heterocycles. The van der Waals surface area contributed by atoms with Crippen LogP contribution in [0, 0.1) is 0 Å². The minimum atomic E-state index is -3.83. The first-order valence-corrected chi connectivity index (χ1v) is 9.82. The summed E-state index contributed by atoms with van der Waals surface area (Å²) in [6, 6.07) is 4.48. The number of carbonyl (C=O) groups is 1. The van der Waals surface area contributed by atoms with Gasteiger partial charge in [-0.3, -0.25) is 0 Å². The van der Waals surface area contributed by atoms with E-state index in [1.54, 1.807) is 11.0 Å². The highest BCUT2D eigenvalue weighted by molar-refractivity contribution is 8.13. The molecule has 0 bridgehead atoms. The lowest BCUT2D eigenvalue weighted by atomic mass is 10.1. The van der Waals surface area contributed by atoms with Crippen molar-refractivity contribution in [3.8, 4) is 0 Å². The first-order chi connectivity index (χ1) is 11.0. The molecule has 1 aliphatic rings. The van der Waals surface area contributed by atoms with Crippen LogP contribution in [0.3, 0.4) is 0 Å². The van der Waals surface area contributed by atoms with Gasteiger partial charge in [0.05, 0.1) is 11.4 Å². The number of nitrogens with zero attached hydrogens (tertiary/aromatic N) is 1. The molecule has 8 heteroatoms. The van der Waals surface area contributed by atoms with Gasteiger partial charge < -0.3 is 14.1 Å². The summed E-state index contributed by atoms with van der Waals surface area (Å²) in [4.78, 5) is 13.9. The number of benzene rings is 1. The van der Waals surface area contributed by atoms with Crippen molar-refractivity contribution in [3.63, 3.8) is 0 Å². The number of halogens is 1. The molecule has 0 radical (unpaired) electrons. The van der Waals surface area contributed by atoms with E-state index in [9.17, 15) is 13.2 Å². The summed E-state index contributed by atoms with van der Waals surface area (Å²) in [6.07, 6.45) is 0.148. The molecule has 0 aliphatic carbocycles. The summed E-state index contributed by atoms with van der Waals surface area (Å²) in [7, 11) is 1.59. The van der Waals surface area contributed by atoms with Gasteiger partial charge in [0.1, 0.15) is 16.9 Å². The standard InChI is InChI=1S/C16H18ClNO5S/c1-16(2,3)23-15(19)18-7-6-14-12(9-18)11-8-10(24(17,20)21)4-5-13(11)22-14/h4-5,8H,6-7,9H2,1-3H3. The molecule has 0 saturated carbocycles. The predicted octanol–water partition coefficient (Wildman–Crippen LogP) is 3.65. The Labute approximate surface area is 144 Å². The van der Waals surface area contributed by atoms with Gasteiger partial charge in [0.2, 0.25) is 0 Å². The first kappa shape index (κ1) is 17.1. The molecular formula is C16H18ClNO5S. The first-order valence-electron chi connectivity index (χ1n) is 7.51. The largest absolute Gasteiger partial charge is 0.461 e. The van der Waals surface area contributed by atoms with Crippen molar-refractivity contribution in [1.82, 2.24) is 4.90 Å². The predicted molar refractivity (Wildman–Crippen MR) is 89.6 cm³/mol. The zero-order valence-electron chi connectivity index (χ0n) is 13.6. The van der Waals surface area contributed by atoms with Crippen LogP contribution in [-0.4, -0.2) is 31.6 Å². The normalized spacial score (nSPS) is 15.4. The van der Waals surface area contributed by atoms with Crippen LogP contribution in [0.4, 0.5) is 4.79 Å². The van der Waals surface area contributed by atoms with Crippen LogP contribution in [0.25, 0.3) is 11.0 Å². The average Bonchev–Trinajstić information content (AvgIpc) is 2.81. The van der Waals surface area contributed by atoms with Gasteiger partial charge in [-0.05, 0) is 39.0 Å². The summed E-state index contributed by atoms with van der Waals surface area (Å²) >= 11 is 0. The van der Waals surface area contributed by atoms with Gasteiger partial charge in [-0.2, -0.15) is 0 Å². The second-order valence-corrected chi connectivity index (χ2v) is 9.32. The van der Waals surface area contributed by atoms with Gasteiger partial charge in [0.15, 0.2) is 0 Å². The summed E-state index contributed by atoms with van der Waals surface area (Å²) in [6.45, 7) is 6.23. The number of hydrogen-bond acceptors (Lipinski definition) is 5. The maximum absolute atomic E-state index is 12.3. The second kappa shape index (κ2) is 5.67. The summed E-state index contributed by atoms with van der Waals surface area (Å²) in [5.74, 6) is 0.758. The summed E-state index contributed by atoms with van der Waals surface area (Å²) in [5, 5.41) is 0.653. The molecule has 2 aromatic rings. The molecule has 3 rings (SSSR count). The van der Waals surface area contributed by atoms with E-state index in [1.807, 2.05) is 20.8 Å². The molecule has 1 aromatic heterocycles. The van der Waals surface area contributed by atoms with Gasteiger partial charge in [0, 0.05) is 34.6 Å². The van der Waals surface area contributed by atoms with Crippen LogP contribution in [0.15, 0.2) is 27.5 Å². The smallest absolute Gasteiger partial charge is 0.410 e. The van der Waals surface area contributed by atoms with E-state index in [0.29, 0.717) is 30.5 Å². The maximum Gasteiger partial charge on any atom is 0.410 e. The van der Waals surface area contributed by atoms with Gasteiger partial charge in [-0.15, -0.1) is 0 Å². The molecule has 0 atom stereocenters. The Morgan fingerprint density at radius 1 is 1.33 bits per heavy atom. The average molecular weight is 372 g/mol. The van der Waals surface area contributed by atoms with E-state index >= 15 is 0 Å². The highest BCUT2D eigenvalue weighted by Gasteiger charge is 2.29. The van der Waals surface area contributed by atoms with Gasteiger partial charge in [-0.25, -0.2) is 13.2 Å². The van der Waals surface area contributed by atoms with Crippen LogP contribution < -0.4 is 0 Å². The van der Waals surface area contributed by atoms with E-state index in [4.69, 9.17) is 19.8 Å². The topological polar surface area (TPSA) is 76.8 Å². The minimum absolute atomic E-state index is 0.00894. The molecule has 1 amide bonds. The molecule has 0 fully saturated rings. The van der Waals surface area contributed by atoms with E-state index < -0.39 is 20.7 Å². The Kier molecular flexibility index (Phi) is 4.04. The Bertz CT molecular complexity index is 910. The zero-order chi connectivity index (χ0) is 17.7. The maximum atomic E-state index is 12.3. The Balaban J connectivity index is 1.96. The quantitative estimate of drug-likeness (QED) is 0.715. The third-order valence-corrected chi connectivity index (χ3v) is 5.09. The van der Waals surface area contributed by atoms with Crippen LogP contribution in [0.2, 0.25) is 0 Å². The van der Waals surface area contributed by atoms with E-state index in [2.05, 4.69) is 0 Å². The monoisotopic (exact) mass is 371 g/mol. The number of furan rings is 1. The lowest BCUT2D eigenvalue weighted by Crippen LogP contribution is -2.39. The lowest BCUT2D eigenvalue weighted by Gasteiger charge is -2.29. The molecule has 0 unspecified atom stereocenters. The number of amides is 1. The van der Waals surface area contributed by atoms with Crippen molar-refractivity contribution in [2.75, 3.05) is 6.54 Å². The van der Waals surface area contributed by atoms with E-state index in [-0.39, 0.29) is 4.90 Å². The second-order valence-electron chi connectivity index (χ2n) is 6.75. The minimum Gasteiger partial charge on any atom is -0.461 e. The van der Waals surface area contributed by atoms with Crippen molar-refractivity contribution in [1.29, 1.82) is 0 Å². The number of hydrogen-bond donors (Lipinski definition) is 0. The summed E-state index contributed by atoms with van der Waals surface area (Å²) < 4.78 is 34.3. The number of carbonyl (C=O) groups excluding carboxylic acids is 1. The SMILES string of the molecule is CC(C)(C)OC(=O)N1CCc2oc3ccc(S(=O)(=O)Cl)cc3c2C1. The van der Waals surface area contributed by atoms with Crippen LogP contribution in [-0.2, 0) is 26.8 Å². The van der Waals surface area contributed by atoms with E-state index in [1.165, 1.54) is 12.1 Å². The fourth-order valence-corrected chi connectivity index (χ4v) is 3.47. The third-order valence-electron chi connectivity index (χ3n) is 3.74. The van der Waals surface area contributed by atoms with Crippen molar-refractivity contribution in [3.05, 3.63) is 29.5 Å². The molecule has 1 aromatic carbocycles. The fraction of sp³-hybridized carbons (Fsp3) is 0.438. The molecule has 6 nitrogen and oxygen atoms in total. The van der Waals surface area contributed by atoms with Crippen molar-refractivity contribution in [2.45, 2.75) is 44.2 Å². The van der Waals surface area contributed by atoms with Gasteiger partial charge in [-0.1, -0.05) is 0 Å². The highest BCUT2D eigenvalue weighted by Crippen LogP contribution is 2.33. The highest BCUT2D eigenvalue weighted by atomic mass is 35.7. The molecule has 0 N–H and O–H groups in total. The van der Waals surface area contributed by atoms with Gasteiger partial charge in [0.25, 0.3) is 9.05 Å². The molecule has 2 heterocycles.